The van der Waals surface area contributed by atoms with Crippen LogP contribution in [0.2, 0.25) is 0 Å². The predicted molar refractivity (Wildman–Crippen MR) is 126 cm³/mol. The zero-order chi connectivity index (χ0) is 21.1. The summed E-state index contributed by atoms with van der Waals surface area (Å²) in [6, 6.07) is 19.8. The van der Waals surface area contributed by atoms with Gasteiger partial charge in [-0.05, 0) is 88.6 Å². The minimum absolute atomic E-state index is 0.0829. The van der Waals surface area contributed by atoms with Gasteiger partial charge in [0, 0.05) is 11.3 Å². The van der Waals surface area contributed by atoms with Crippen LogP contribution < -0.4 is 10.1 Å². The minimum Gasteiger partial charge on any atom is -0.496 e. The second kappa shape index (κ2) is 8.88. The third-order valence-electron chi connectivity index (χ3n) is 5.56. The number of anilines is 1. The summed E-state index contributed by atoms with van der Waals surface area (Å²) in [4.78, 5) is 12.6. The largest absolute Gasteiger partial charge is 0.496 e. The number of carbonyl (C=O) groups excluding carboxylic acids is 1. The average molecular weight is 462 g/mol. The van der Waals surface area contributed by atoms with Crippen LogP contribution in [0, 0.1) is 6.92 Å². The molecule has 0 aliphatic heterocycles. The summed E-state index contributed by atoms with van der Waals surface area (Å²) in [6.07, 6.45) is 5.19. The predicted octanol–water partition coefficient (Wildman–Crippen LogP) is 6.59. The van der Waals surface area contributed by atoms with E-state index in [1.165, 1.54) is 22.3 Å². The van der Waals surface area contributed by atoms with Gasteiger partial charge in [0.2, 0.25) is 0 Å². The molecule has 0 unspecified atom stereocenters. The lowest BCUT2D eigenvalue weighted by Gasteiger charge is -2.19. The first-order chi connectivity index (χ1) is 14.5. The van der Waals surface area contributed by atoms with Crippen molar-refractivity contribution in [3.63, 3.8) is 0 Å². The van der Waals surface area contributed by atoms with Gasteiger partial charge in [0.15, 0.2) is 0 Å². The molecule has 0 atom stereocenters. The summed E-state index contributed by atoms with van der Waals surface area (Å²) < 4.78 is 6.46. The fourth-order valence-corrected chi connectivity index (χ4v) is 4.54. The number of para-hydroxylation sites is 1. The van der Waals surface area contributed by atoms with Crippen molar-refractivity contribution in [2.75, 3.05) is 12.4 Å². The highest BCUT2D eigenvalue weighted by atomic mass is 79.9. The van der Waals surface area contributed by atoms with E-state index in [1.807, 2.05) is 61.5 Å². The number of methoxy groups -OCH3 is 1. The van der Waals surface area contributed by atoms with Gasteiger partial charge in [-0.3, -0.25) is 4.79 Å². The number of nitrogens with one attached hydrogen (secondary N) is 1. The standard InChI is InChI=1S/C26H24BrNO2/c1-17-5-3-4-6-23(17)28-26(29)20-10-7-18(8-11-20)15-19-9-13-22-21(16-19)12-14-24(30-2)25(22)27/h3-8,10-12,14,16H,9,13,15H2,1-2H3,(H,28,29). The molecule has 0 aromatic heterocycles. The van der Waals surface area contributed by atoms with Crippen LogP contribution in [0.1, 0.15) is 39.0 Å². The molecule has 0 saturated carbocycles. The van der Waals surface area contributed by atoms with E-state index in [4.69, 9.17) is 4.74 Å². The zero-order valence-corrected chi connectivity index (χ0v) is 18.8. The molecule has 3 aromatic rings. The van der Waals surface area contributed by atoms with Crippen LogP contribution in [0.5, 0.6) is 5.75 Å². The van der Waals surface area contributed by atoms with Crippen LogP contribution >= 0.6 is 15.9 Å². The molecule has 0 spiro atoms. The van der Waals surface area contributed by atoms with E-state index in [0.717, 1.165) is 40.7 Å². The molecule has 1 amide bonds. The van der Waals surface area contributed by atoms with Gasteiger partial charge < -0.3 is 10.1 Å². The summed E-state index contributed by atoms with van der Waals surface area (Å²) in [5, 5.41) is 2.99. The Morgan fingerprint density at radius 3 is 2.53 bits per heavy atom. The maximum Gasteiger partial charge on any atom is 0.255 e. The number of carbonyl (C=O) groups is 1. The van der Waals surface area contributed by atoms with Crippen molar-refractivity contribution in [2.24, 2.45) is 0 Å². The normalized spacial score (nSPS) is 12.7. The lowest BCUT2D eigenvalue weighted by molar-refractivity contribution is 0.102. The molecule has 3 nitrogen and oxygen atoms in total. The van der Waals surface area contributed by atoms with Gasteiger partial charge >= 0.3 is 0 Å². The van der Waals surface area contributed by atoms with Gasteiger partial charge in [0.05, 0.1) is 11.6 Å². The van der Waals surface area contributed by atoms with E-state index >= 15 is 0 Å². The Balaban J connectivity index is 1.46. The molecule has 0 radical (unpaired) electrons. The molecule has 1 aliphatic rings. The fourth-order valence-electron chi connectivity index (χ4n) is 3.82. The third kappa shape index (κ3) is 4.34. The molecule has 30 heavy (non-hydrogen) atoms. The topological polar surface area (TPSA) is 38.3 Å². The maximum absolute atomic E-state index is 12.6. The van der Waals surface area contributed by atoms with Crippen molar-refractivity contribution in [3.8, 4) is 5.75 Å². The summed E-state index contributed by atoms with van der Waals surface area (Å²) in [7, 11) is 1.70. The van der Waals surface area contributed by atoms with Gasteiger partial charge in [-0.25, -0.2) is 0 Å². The molecule has 4 rings (SSSR count). The summed E-state index contributed by atoms with van der Waals surface area (Å²) >= 11 is 3.67. The Bertz CT molecular complexity index is 1120. The molecule has 3 aromatic carbocycles. The Labute approximate surface area is 185 Å². The molecule has 0 heterocycles. The van der Waals surface area contributed by atoms with E-state index in [-0.39, 0.29) is 5.91 Å². The van der Waals surface area contributed by atoms with Crippen LogP contribution in [-0.2, 0) is 12.8 Å². The number of aryl methyl sites for hydroxylation is 1. The number of fused-ring (bicyclic) bond motifs is 1. The van der Waals surface area contributed by atoms with Crippen LogP contribution in [0.15, 0.2) is 70.7 Å². The highest BCUT2D eigenvalue weighted by Crippen LogP contribution is 2.36. The van der Waals surface area contributed by atoms with Gasteiger partial charge in [0.25, 0.3) is 5.91 Å². The van der Waals surface area contributed by atoms with E-state index < -0.39 is 0 Å². The van der Waals surface area contributed by atoms with E-state index in [2.05, 4.69) is 33.4 Å². The molecule has 0 fully saturated rings. The van der Waals surface area contributed by atoms with Crippen LogP contribution in [0.25, 0.3) is 6.08 Å². The molecule has 4 heteroatoms. The molecule has 0 bridgehead atoms. The van der Waals surface area contributed by atoms with Gasteiger partial charge in [-0.2, -0.15) is 0 Å². The number of hydrogen-bond acceptors (Lipinski definition) is 2. The lowest BCUT2D eigenvalue weighted by Crippen LogP contribution is -2.12. The van der Waals surface area contributed by atoms with Crippen molar-refractivity contribution in [1.29, 1.82) is 0 Å². The summed E-state index contributed by atoms with van der Waals surface area (Å²) in [5.41, 5.74) is 7.73. The number of hydrogen-bond donors (Lipinski definition) is 1. The highest BCUT2D eigenvalue weighted by Gasteiger charge is 2.16. The SMILES string of the molecule is COc1ccc2c(c1Br)CCC(Cc1ccc(C(=O)Nc3ccccc3C)cc1)=C2. The van der Waals surface area contributed by atoms with Gasteiger partial charge in [-0.15, -0.1) is 0 Å². The van der Waals surface area contributed by atoms with Crippen molar-refractivity contribution < 1.29 is 9.53 Å². The van der Waals surface area contributed by atoms with Crippen molar-refractivity contribution in [3.05, 3.63) is 98.5 Å². The first-order valence-corrected chi connectivity index (χ1v) is 10.8. The molecule has 0 saturated heterocycles. The maximum atomic E-state index is 12.6. The van der Waals surface area contributed by atoms with E-state index in [1.54, 1.807) is 7.11 Å². The van der Waals surface area contributed by atoms with Crippen molar-refractivity contribution >= 4 is 33.6 Å². The number of benzene rings is 3. The Morgan fingerprint density at radius 2 is 1.80 bits per heavy atom. The zero-order valence-electron chi connectivity index (χ0n) is 17.2. The number of rotatable bonds is 5. The Morgan fingerprint density at radius 1 is 1.03 bits per heavy atom. The lowest BCUT2D eigenvalue weighted by atomic mass is 9.89. The first kappa shape index (κ1) is 20.4. The second-order valence-electron chi connectivity index (χ2n) is 7.59. The third-order valence-corrected chi connectivity index (χ3v) is 6.43. The van der Waals surface area contributed by atoms with Gasteiger partial charge in [0.1, 0.15) is 5.75 Å². The van der Waals surface area contributed by atoms with Crippen LogP contribution in [-0.4, -0.2) is 13.0 Å². The number of allylic oxidation sites excluding steroid dienone is 1. The monoisotopic (exact) mass is 461 g/mol. The molecule has 152 valence electrons. The molecular formula is C26H24BrNO2. The average Bonchev–Trinajstić information content (AvgIpc) is 2.76. The van der Waals surface area contributed by atoms with E-state index in [9.17, 15) is 4.79 Å². The van der Waals surface area contributed by atoms with E-state index in [0.29, 0.717) is 5.56 Å². The molecular weight excluding hydrogens is 438 g/mol. The van der Waals surface area contributed by atoms with Crippen molar-refractivity contribution in [1.82, 2.24) is 0 Å². The number of ether oxygens (including phenoxy) is 1. The van der Waals surface area contributed by atoms with Crippen molar-refractivity contribution in [2.45, 2.75) is 26.2 Å². The molecule has 1 N–H and O–H groups in total. The Kier molecular flexibility index (Phi) is 6.05. The fraction of sp³-hybridized carbons (Fsp3) is 0.192. The quantitative estimate of drug-likeness (QED) is 0.465. The number of amides is 1. The Hall–Kier alpha value is -2.85. The van der Waals surface area contributed by atoms with Crippen LogP contribution in [0.3, 0.4) is 0 Å². The number of halogens is 1. The second-order valence-corrected chi connectivity index (χ2v) is 8.39. The minimum atomic E-state index is -0.0829. The summed E-state index contributed by atoms with van der Waals surface area (Å²) in [5.74, 6) is 0.797. The smallest absolute Gasteiger partial charge is 0.255 e. The highest BCUT2D eigenvalue weighted by molar-refractivity contribution is 9.10. The first-order valence-electron chi connectivity index (χ1n) is 10.1. The molecule has 1 aliphatic carbocycles. The van der Waals surface area contributed by atoms with Gasteiger partial charge in [-0.1, -0.05) is 48.0 Å². The summed E-state index contributed by atoms with van der Waals surface area (Å²) in [6.45, 7) is 1.99. The van der Waals surface area contributed by atoms with Crippen LogP contribution in [0.4, 0.5) is 5.69 Å².